The van der Waals surface area contributed by atoms with Crippen molar-refractivity contribution in [3.63, 3.8) is 0 Å². The molecule has 1 fully saturated rings. The number of fused-ring (bicyclic) bond motifs is 1. The number of hydrazone groups is 1. The van der Waals surface area contributed by atoms with Crippen molar-refractivity contribution in [3.8, 4) is 0 Å². The second-order valence-electron chi connectivity index (χ2n) is 10.1. The molecule has 1 aliphatic carbocycles. The van der Waals surface area contributed by atoms with E-state index in [2.05, 4.69) is 0 Å². The molecular formula is C34H26F2N2O2. The van der Waals surface area contributed by atoms with Gasteiger partial charge in [0, 0.05) is 22.6 Å². The molecule has 4 nitrogen and oxygen atoms in total. The second kappa shape index (κ2) is 10.8. The van der Waals surface area contributed by atoms with E-state index >= 15 is 0 Å². The van der Waals surface area contributed by atoms with Gasteiger partial charge in [-0.25, -0.2) is 13.8 Å². The van der Waals surface area contributed by atoms with Crippen LogP contribution in [0.5, 0.6) is 0 Å². The lowest BCUT2D eigenvalue weighted by Crippen LogP contribution is -2.32. The molecule has 2 aliphatic rings. The first-order valence-corrected chi connectivity index (χ1v) is 13.3. The molecule has 1 saturated carbocycles. The van der Waals surface area contributed by atoms with Gasteiger partial charge in [0.2, 0.25) is 0 Å². The van der Waals surface area contributed by atoms with Gasteiger partial charge in [-0.2, -0.15) is 5.10 Å². The van der Waals surface area contributed by atoms with Gasteiger partial charge < -0.3 is 0 Å². The van der Waals surface area contributed by atoms with Crippen molar-refractivity contribution in [2.45, 2.75) is 25.3 Å². The van der Waals surface area contributed by atoms with Gasteiger partial charge in [0.05, 0.1) is 11.8 Å². The number of amides is 1. The molecule has 0 aromatic heterocycles. The van der Waals surface area contributed by atoms with Crippen LogP contribution in [0.3, 0.4) is 0 Å². The summed E-state index contributed by atoms with van der Waals surface area (Å²) in [6.07, 6.45) is 4.54. The van der Waals surface area contributed by atoms with Gasteiger partial charge in [-0.1, -0.05) is 66.7 Å². The number of nitrogens with zero attached hydrogens (tertiary/aromatic N) is 2. The van der Waals surface area contributed by atoms with E-state index < -0.39 is 6.04 Å². The Kier molecular flexibility index (Phi) is 6.91. The van der Waals surface area contributed by atoms with E-state index in [0.717, 1.165) is 41.7 Å². The highest BCUT2D eigenvalue weighted by Crippen LogP contribution is 2.45. The standard InChI is InChI=1S/C34H26F2N2O2/c35-28-17-9-22(10-18-28)21-27-7-4-8-30-31(27)37-38(32(30)23-15-19-29(36)20-16-23)34(40)26-13-11-25(12-14-26)33(39)24-5-2-1-3-6-24/h1-3,5-6,9-21,30,32H,4,7-8H2/b27-21-. The molecule has 6 heteroatoms. The van der Waals surface area contributed by atoms with Gasteiger partial charge >= 0.3 is 0 Å². The Morgan fingerprint density at radius 1 is 0.750 bits per heavy atom. The van der Waals surface area contributed by atoms with Crippen molar-refractivity contribution in [1.29, 1.82) is 0 Å². The molecule has 0 radical (unpaired) electrons. The Labute approximate surface area is 231 Å². The lowest BCUT2D eigenvalue weighted by Gasteiger charge is -2.29. The van der Waals surface area contributed by atoms with E-state index in [4.69, 9.17) is 5.10 Å². The molecule has 40 heavy (non-hydrogen) atoms. The van der Waals surface area contributed by atoms with E-state index in [-0.39, 0.29) is 29.2 Å². The molecule has 1 amide bonds. The van der Waals surface area contributed by atoms with E-state index in [9.17, 15) is 18.4 Å². The summed E-state index contributed by atoms with van der Waals surface area (Å²) in [6, 6.07) is 27.7. The highest BCUT2D eigenvalue weighted by molar-refractivity contribution is 6.10. The fourth-order valence-electron chi connectivity index (χ4n) is 5.57. The third kappa shape index (κ3) is 5.00. The summed E-state index contributed by atoms with van der Waals surface area (Å²) in [5.41, 5.74) is 4.98. The van der Waals surface area contributed by atoms with Crippen LogP contribution in [0.15, 0.2) is 114 Å². The summed E-state index contributed by atoms with van der Waals surface area (Å²) in [5, 5.41) is 6.37. The van der Waals surface area contributed by atoms with Gasteiger partial charge in [-0.3, -0.25) is 9.59 Å². The molecule has 0 spiro atoms. The lowest BCUT2D eigenvalue weighted by atomic mass is 9.77. The molecule has 0 N–H and O–H groups in total. The highest BCUT2D eigenvalue weighted by Gasteiger charge is 2.44. The molecule has 0 saturated heterocycles. The molecule has 198 valence electrons. The van der Waals surface area contributed by atoms with Crippen molar-refractivity contribution in [1.82, 2.24) is 5.01 Å². The van der Waals surface area contributed by atoms with Gasteiger partial charge in [-0.15, -0.1) is 0 Å². The highest BCUT2D eigenvalue weighted by atomic mass is 19.1. The van der Waals surface area contributed by atoms with E-state index in [1.165, 1.54) is 29.3 Å². The summed E-state index contributed by atoms with van der Waals surface area (Å²) in [5.74, 6) is -1.12. The molecule has 1 heterocycles. The molecule has 0 bridgehead atoms. The molecule has 2 atom stereocenters. The van der Waals surface area contributed by atoms with Crippen molar-refractivity contribution in [3.05, 3.63) is 148 Å². The first-order valence-electron chi connectivity index (χ1n) is 13.3. The first kappa shape index (κ1) is 25.6. The zero-order valence-electron chi connectivity index (χ0n) is 21.6. The number of ketones is 1. The zero-order valence-corrected chi connectivity index (χ0v) is 21.6. The average Bonchev–Trinajstić information content (AvgIpc) is 3.39. The first-order chi connectivity index (χ1) is 19.5. The minimum atomic E-state index is -0.398. The van der Waals surface area contributed by atoms with Crippen LogP contribution in [0.4, 0.5) is 8.78 Å². The van der Waals surface area contributed by atoms with Crippen LogP contribution in [0, 0.1) is 17.6 Å². The smallest absolute Gasteiger partial charge is 0.274 e. The number of benzene rings is 4. The Morgan fingerprint density at radius 2 is 1.35 bits per heavy atom. The van der Waals surface area contributed by atoms with Gasteiger partial charge in [-0.05, 0) is 78.4 Å². The summed E-state index contributed by atoms with van der Waals surface area (Å²) in [4.78, 5) is 26.7. The third-order valence-electron chi connectivity index (χ3n) is 7.56. The number of carbonyl (C=O) groups is 2. The SMILES string of the molecule is O=C(c1ccccc1)c1ccc(C(=O)N2N=C3/C(=C\c4ccc(F)cc4)CCCC3C2c2ccc(F)cc2)cc1. The lowest BCUT2D eigenvalue weighted by molar-refractivity contribution is 0.0680. The van der Waals surface area contributed by atoms with Gasteiger partial charge in [0.1, 0.15) is 11.6 Å². The summed E-state index contributed by atoms with van der Waals surface area (Å²) in [7, 11) is 0. The number of carbonyl (C=O) groups excluding carboxylic acids is 2. The Morgan fingerprint density at radius 3 is 2.02 bits per heavy atom. The number of hydrogen-bond donors (Lipinski definition) is 0. The quantitative estimate of drug-likeness (QED) is 0.248. The number of allylic oxidation sites excluding steroid dienone is 1. The van der Waals surface area contributed by atoms with E-state index in [1.807, 2.05) is 24.3 Å². The number of rotatable bonds is 5. The topological polar surface area (TPSA) is 49.7 Å². The Balaban J connectivity index is 1.35. The average molecular weight is 533 g/mol. The largest absolute Gasteiger partial charge is 0.289 e. The molecule has 2 unspecified atom stereocenters. The van der Waals surface area contributed by atoms with Crippen molar-refractivity contribution >= 4 is 23.5 Å². The number of halogens is 2. The van der Waals surface area contributed by atoms with Crippen molar-refractivity contribution < 1.29 is 18.4 Å². The Hall–Kier alpha value is -4.71. The zero-order chi connectivity index (χ0) is 27.6. The Bertz CT molecular complexity index is 1610. The molecule has 4 aromatic rings. The minimum absolute atomic E-state index is 0.0613. The normalized spacial score (nSPS) is 19.3. The predicted molar refractivity (Wildman–Crippen MR) is 151 cm³/mol. The van der Waals surface area contributed by atoms with Gasteiger partial charge in [0.25, 0.3) is 5.91 Å². The molecular weight excluding hydrogens is 506 g/mol. The summed E-state index contributed by atoms with van der Waals surface area (Å²) >= 11 is 0. The van der Waals surface area contributed by atoms with Crippen LogP contribution >= 0.6 is 0 Å². The van der Waals surface area contributed by atoms with Crippen molar-refractivity contribution in [2.75, 3.05) is 0 Å². The van der Waals surface area contributed by atoms with Crippen LogP contribution in [0.25, 0.3) is 6.08 Å². The van der Waals surface area contributed by atoms with Crippen LogP contribution < -0.4 is 0 Å². The molecule has 6 rings (SSSR count). The minimum Gasteiger partial charge on any atom is -0.289 e. The van der Waals surface area contributed by atoms with Crippen LogP contribution in [-0.2, 0) is 0 Å². The molecule has 4 aromatic carbocycles. The second-order valence-corrected chi connectivity index (χ2v) is 10.1. The number of hydrogen-bond acceptors (Lipinski definition) is 3. The molecule has 1 aliphatic heterocycles. The maximum atomic E-state index is 13.9. The van der Waals surface area contributed by atoms with Gasteiger partial charge in [0.15, 0.2) is 5.78 Å². The van der Waals surface area contributed by atoms with Crippen LogP contribution in [0.1, 0.15) is 62.7 Å². The van der Waals surface area contributed by atoms with Crippen LogP contribution in [-0.4, -0.2) is 22.4 Å². The predicted octanol–water partition coefficient (Wildman–Crippen LogP) is 7.63. The maximum absolute atomic E-state index is 13.9. The van der Waals surface area contributed by atoms with E-state index in [1.54, 1.807) is 60.7 Å². The fourth-order valence-corrected chi connectivity index (χ4v) is 5.57. The van der Waals surface area contributed by atoms with Crippen molar-refractivity contribution in [2.24, 2.45) is 11.0 Å². The monoisotopic (exact) mass is 532 g/mol. The van der Waals surface area contributed by atoms with Crippen LogP contribution in [0.2, 0.25) is 0 Å². The summed E-state index contributed by atoms with van der Waals surface area (Å²) in [6.45, 7) is 0. The fraction of sp³-hybridized carbons (Fsp3) is 0.147. The third-order valence-corrected chi connectivity index (χ3v) is 7.56. The maximum Gasteiger partial charge on any atom is 0.274 e. The van der Waals surface area contributed by atoms with E-state index in [0.29, 0.717) is 16.7 Å². The summed E-state index contributed by atoms with van der Waals surface area (Å²) < 4.78 is 27.3.